The number of hydrogen-bond donors (Lipinski definition) is 2. The lowest BCUT2D eigenvalue weighted by Crippen LogP contribution is -2.27. The van der Waals surface area contributed by atoms with Crippen LogP contribution in [0.2, 0.25) is 5.02 Å². The summed E-state index contributed by atoms with van der Waals surface area (Å²) in [6, 6.07) is 11.9. The summed E-state index contributed by atoms with van der Waals surface area (Å²) in [6.07, 6.45) is 3.29. The Morgan fingerprint density at radius 1 is 1.13 bits per heavy atom. The minimum absolute atomic E-state index is 0.0492. The van der Waals surface area contributed by atoms with Crippen molar-refractivity contribution in [2.45, 2.75) is 44.9 Å². The number of nitrogens with one attached hydrogen (secondary N) is 2. The van der Waals surface area contributed by atoms with Gasteiger partial charge in [-0.05, 0) is 54.7 Å². The molecule has 0 bridgehead atoms. The quantitative estimate of drug-likeness (QED) is 0.520. The number of carbonyl (C=O) groups excluding carboxylic acids is 1. The number of hydrogen-bond acceptors (Lipinski definition) is 4. The van der Waals surface area contributed by atoms with Crippen LogP contribution in [0.4, 0.5) is 5.69 Å². The fourth-order valence-electron chi connectivity index (χ4n) is 2.60. The summed E-state index contributed by atoms with van der Waals surface area (Å²) < 4.78 is 32.5. The molecule has 0 aliphatic carbocycles. The molecule has 0 unspecified atom stereocenters. The van der Waals surface area contributed by atoms with Crippen molar-refractivity contribution < 1.29 is 17.9 Å². The molecule has 2 rings (SSSR count). The molecule has 0 aliphatic rings. The summed E-state index contributed by atoms with van der Waals surface area (Å²) in [5.41, 5.74) is 1.92. The van der Waals surface area contributed by atoms with Gasteiger partial charge in [0.2, 0.25) is 10.0 Å². The van der Waals surface area contributed by atoms with Crippen molar-refractivity contribution in [2.24, 2.45) is 5.92 Å². The summed E-state index contributed by atoms with van der Waals surface area (Å²) in [4.78, 5) is 12.2. The first-order chi connectivity index (χ1) is 14.2. The molecule has 0 saturated carbocycles. The minimum Gasteiger partial charge on any atom is -0.482 e. The zero-order valence-electron chi connectivity index (χ0n) is 17.6. The number of ether oxygens (including phenoxy) is 1. The Bertz CT molecular complexity index is 944. The third-order valence-electron chi connectivity index (χ3n) is 4.31. The van der Waals surface area contributed by atoms with Gasteiger partial charge < -0.3 is 10.1 Å². The van der Waals surface area contributed by atoms with Gasteiger partial charge in [0.25, 0.3) is 5.91 Å². The number of anilines is 1. The van der Waals surface area contributed by atoms with E-state index in [0.717, 1.165) is 19.3 Å². The van der Waals surface area contributed by atoms with Gasteiger partial charge in [-0.25, -0.2) is 13.1 Å². The van der Waals surface area contributed by atoms with Crippen LogP contribution >= 0.6 is 11.6 Å². The van der Waals surface area contributed by atoms with E-state index in [-0.39, 0.29) is 34.1 Å². The minimum atomic E-state index is -3.65. The highest BCUT2D eigenvalue weighted by atomic mass is 35.5. The van der Waals surface area contributed by atoms with Crippen LogP contribution in [-0.2, 0) is 21.2 Å². The second-order valence-electron chi connectivity index (χ2n) is 7.48. The fraction of sp³-hybridized carbons (Fsp3) is 0.409. The number of rotatable bonds is 11. The Kier molecular flexibility index (Phi) is 9.14. The Labute approximate surface area is 184 Å². The van der Waals surface area contributed by atoms with Crippen LogP contribution in [0.3, 0.4) is 0 Å². The maximum Gasteiger partial charge on any atom is 0.262 e. The Hall–Kier alpha value is -2.09. The molecule has 0 aromatic heterocycles. The molecule has 2 aromatic rings. The summed E-state index contributed by atoms with van der Waals surface area (Å²) in [7, 11) is -3.65. The monoisotopic (exact) mass is 452 g/mol. The lowest BCUT2D eigenvalue weighted by molar-refractivity contribution is -0.118. The number of amides is 1. The molecule has 0 saturated heterocycles. The van der Waals surface area contributed by atoms with Gasteiger partial charge in [-0.15, -0.1) is 0 Å². The SMILES string of the molecule is CCCCc1ccc(NC(=O)COc2ccc(S(=O)(=O)NCC(C)C)cc2Cl)cc1. The van der Waals surface area contributed by atoms with Crippen molar-refractivity contribution in [1.29, 1.82) is 0 Å². The molecule has 1 amide bonds. The van der Waals surface area contributed by atoms with Crippen LogP contribution in [0, 0.1) is 5.92 Å². The zero-order valence-corrected chi connectivity index (χ0v) is 19.1. The van der Waals surface area contributed by atoms with E-state index >= 15 is 0 Å². The standard InChI is InChI=1S/C22H29ClN2O4S/c1-4-5-6-17-7-9-18(10-8-17)25-22(26)15-29-21-12-11-19(13-20(21)23)30(27,28)24-14-16(2)3/h7-13,16,24H,4-6,14-15H2,1-3H3,(H,25,26). The Morgan fingerprint density at radius 3 is 2.43 bits per heavy atom. The molecule has 164 valence electrons. The smallest absolute Gasteiger partial charge is 0.262 e. The van der Waals surface area contributed by atoms with E-state index < -0.39 is 10.0 Å². The van der Waals surface area contributed by atoms with Gasteiger partial charge in [-0.1, -0.05) is 50.9 Å². The molecule has 30 heavy (non-hydrogen) atoms. The molecule has 0 radical (unpaired) electrons. The number of aryl methyl sites for hydroxylation is 1. The molecule has 0 aliphatic heterocycles. The number of sulfonamides is 1. The van der Waals surface area contributed by atoms with E-state index in [0.29, 0.717) is 12.2 Å². The molecule has 8 heteroatoms. The average Bonchev–Trinajstić information content (AvgIpc) is 2.71. The lowest BCUT2D eigenvalue weighted by atomic mass is 10.1. The van der Waals surface area contributed by atoms with Crippen LogP contribution in [0.1, 0.15) is 39.2 Å². The first-order valence-corrected chi connectivity index (χ1v) is 11.9. The van der Waals surface area contributed by atoms with Crippen molar-refractivity contribution >= 4 is 33.2 Å². The number of carbonyl (C=O) groups is 1. The van der Waals surface area contributed by atoms with E-state index in [9.17, 15) is 13.2 Å². The maximum atomic E-state index is 12.3. The van der Waals surface area contributed by atoms with Crippen LogP contribution in [0.15, 0.2) is 47.4 Å². The summed E-state index contributed by atoms with van der Waals surface area (Å²) in [6.45, 7) is 6.07. The summed E-state index contributed by atoms with van der Waals surface area (Å²) >= 11 is 6.15. The highest BCUT2D eigenvalue weighted by molar-refractivity contribution is 7.89. The number of halogens is 1. The van der Waals surface area contributed by atoms with Crippen molar-refractivity contribution in [2.75, 3.05) is 18.5 Å². The normalized spacial score (nSPS) is 11.5. The van der Waals surface area contributed by atoms with Crippen molar-refractivity contribution in [3.05, 3.63) is 53.1 Å². The third-order valence-corrected chi connectivity index (χ3v) is 6.03. The van der Waals surface area contributed by atoms with Gasteiger partial charge >= 0.3 is 0 Å². The van der Waals surface area contributed by atoms with Crippen molar-refractivity contribution in [3.63, 3.8) is 0 Å². The Morgan fingerprint density at radius 2 is 1.83 bits per heavy atom. The topological polar surface area (TPSA) is 84.5 Å². The number of unbranched alkanes of at least 4 members (excludes halogenated alkanes) is 1. The highest BCUT2D eigenvalue weighted by Crippen LogP contribution is 2.27. The van der Waals surface area contributed by atoms with Gasteiger partial charge in [0.1, 0.15) is 5.75 Å². The van der Waals surface area contributed by atoms with Gasteiger partial charge in [-0.3, -0.25) is 4.79 Å². The van der Waals surface area contributed by atoms with Crippen LogP contribution in [0.25, 0.3) is 0 Å². The molecule has 0 spiro atoms. The Balaban J connectivity index is 1.91. The first-order valence-electron chi connectivity index (χ1n) is 10.0. The molecule has 0 atom stereocenters. The van der Waals surface area contributed by atoms with Crippen molar-refractivity contribution in [1.82, 2.24) is 4.72 Å². The van der Waals surface area contributed by atoms with Gasteiger partial charge in [0, 0.05) is 12.2 Å². The predicted octanol–water partition coefficient (Wildman–Crippen LogP) is 4.63. The first kappa shape index (κ1) is 24.2. The number of benzene rings is 2. The molecular formula is C22H29ClN2O4S. The van der Waals surface area contributed by atoms with E-state index in [1.807, 2.05) is 38.1 Å². The van der Waals surface area contributed by atoms with Crippen LogP contribution in [0.5, 0.6) is 5.75 Å². The van der Waals surface area contributed by atoms with E-state index in [1.54, 1.807) is 0 Å². The highest BCUT2D eigenvalue weighted by Gasteiger charge is 2.17. The molecule has 0 heterocycles. The molecule has 2 aromatic carbocycles. The zero-order chi connectivity index (χ0) is 22.1. The molecule has 6 nitrogen and oxygen atoms in total. The second-order valence-corrected chi connectivity index (χ2v) is 9.65. The average molecular weight is 453 g/mol. The fourth-order valence-corrected chi connectivity index (χ4v) is 4.14. The van der Waals surface area contributed by atoms with Crippen LogP contribution in [-0.4, -0.2) is 27.5 Å². The largest absolute Gasteiger partial charge is 0.482 e. The summed E-state index contributed by atoms with van der Waals surface area (Å²) in [5, 5.41) is 2.89. The molecule has 2 N–H and O–H groups in total. The van der Waals surface area contributed by atoms with Crippen molar-refractivity contribution in [3.8, 4) is 5.75 Å². The van der Waals surface area contributed by atoms with E-state index in [4.69, 9.17) is 16.3 Å². The maximum absolute atomic E-state index is 12.3. The van der Waals surface area contributed by atoms with E-state index in [2.05, 4.69) is 17.0 Å². The van der Waals surface area contributed by atoms with Gasteiger partial charge in [-0.2, -0.15) is 0 Å². The molecular weight excluding hydrogens is 424 g/mol. The third kappa shape index (κ3) is 7.63. The van der Waals surface area contributed by atoms with E-state index in [1.165, 1.54) is 23.8 Å². The lowest BCUT2D eigenvalue weighted by Gasteiger charge is -2.12. The second kappa shape index (κ2) is 11.3. The van der Waals surface area contributed by atoms with Crippen LogP contribution < -0.4 is 14.8 Å². The van der Waals surface area contributed by atoms with Gasteiger partial charge in [0.15, 0.2) is 6.61 Å². The van der Waals surface area contributed by atoms with Gasteiger partial charge in [0.05, 0.1) is 9.92 Å². The molecule has 0 fully saturated rings. The predicted molar refractivity (Wildman–Crippen MR) is 121 cm³/mol. The summed E-state index contributed by atoms with van der Waals surface area (Å²) in [5.74, 6) is 0.0936.